The lowest BCUT2D eigenvalue weighted by Gasteiger charge is -2.12. The van der Waals surface area contributed by atoms with Crippen LogP contribution in [0.3, 0.4) is 0 Å². The van der Waals surface area contributed by atoms with Crippen LogP contribution in [-0.2, 0) is 0 Å². The molecule has 2 aromatic rings. The number of aromatic nitrogens is 1. The molecule has 0 saturated carbocycles. The number of aldehydes is 1. The molecule has 0 fully saturated rings. The highest BCUT2D eigenvalue weighted by atomic mass is 32.1. The average molecular weight is 263 g/mol. The molecule has 94 valence electrons. The summed E-state index contributed by atoms with van der Waals surface area (Å²) < 4.78 is 10.7. The fourth-order valence-electron chi connectivity index (χ4n) is 1.79. The second-order valence-electron chi connectivity index (χ2n) is 3.67. The molecule has 18 heavy (non-hydrogen) atoms. The van der Waals surface area contributed by atoms with Crippen LogP contribution in [0.5, 0.6) is 11.5 Å². The van der Waals surface area contributed by atoms with Crippen molar-refractivity contribution in [1.29, 1.82) is 0 Å². The average Bonchev–Trinajstić information content (AvgIpc) is 2.87. The van der Waals surface area contributed by atoms with E-state index in [-0.39, 0.29) is 0 Å². The lowest BCUT2D eigenvalue weighted by Crippen LogP contribution is -1.95. The first-order valence-electron chi connectivity index (χ1n) is 5.34. The summed E-state index contributed by atoms with van der Waals surface area (Å²) in [7, 11) is 3.23. The summed E-state index contributed by atoms with van der Waals surface area (Å²) in [5.41, 5.74) is 2.22. The van der Waals surface area contributed by atoms with E-state index in [1.54, 1.807) is 19.6 Å². The van der Waals surface area contributed by atoms with E-state index in [2.05, 4.69) is 4.98 Å². The van der Waals surface area contributed by atoms with Crippen LogP contribution in [0.25, 0.3) is 10.6 Å². The molecular formula is C13H13NO3S. The summed E-state index contributed by atoms with van der Waals surface area (Å²) in [6.45, 7) is 1.93. The standard InChI is InChI=1S/C13H13NO3S/c1-8-11(16-2)5-4-10(12(8)17-3)13-14-9(6-15)7-18-13/h4-7H,1-3H3. The van der Waals surface area contributed by atoms with Gasteiger partial charge in [0.15, 0.2) is 6.29 Å². The maximum Gasteiger partial charge on any atom is 0.169 e. The fourth-order valence-corrected chi connectivity index (χ4v) is 2.58. The Morgan fingerprint density at radius 1 is 1.28 bits per heavy atom. The van der Waals surface area contributed by atoms with Crippen molar-refractivity contribution in [2.24, 2.45) is 0 Å². The molecule has 0 atom stereocenters. The van der Waals surface area contributed by atoms with Gasteiger partial charge in [-0.15, -0.1) is 11.3 Å². The molecule has 0 amide bonds. The van der Waals surface area contributed by atoms with E-state index < -0.39 is 0 Å². The summed E-state index contributed by atoms with van der Waals surface area (Å²) >= 11 is 1.42. The second kappa shape index (κ2) is 5.18. The lowest BCUT2D eigenvalue weighted by molar-refractivity contribution is 0.111. The van der Waals surface area contributed by atoms with Gasteiger partial charge in [-0.1, -0.05) is 0 Å². The number of methoxy groups -OCH3 is 2. The Hall–Kier alpha value is -1.88. The van der Waals surface area contributed by atoms with Crippen LogP contribution in [0.1, 0.15) is 16.1 Å². The third kappa shape index (κ3) is 2.09. The number of carbonyl (C=O) groups is 1. The Balaban J connectivity index is 2.56. The number of hydrogen-bond acceptors (Lipinski definition) is 5. The number of carbonyl (C=O) groups excluding carboxylic acids is 1. The highest BCUT2D eigenvalue weighted by Crippen LogP contribution is 2.38. The van der Waals surface area contributed by atoms with Gasteiger partial charge in [-0.25, -0.2) is 4.98 Å². The normalized spacial score (nSPS) is 10.2. The number of hydrogen-bond donors (Lipinski definition) is 0. The van der Waals surface area contributed by atoms with Gasteiger partial charge < -0.3 is 9.47 Å². The highest BCUT2D eigenvalue weighted by Gasteiger charge is 2.15. The van der Waals surface area contributed by atoms with Crippen LogP contribution in [0.2, 0.25) is 0 Å². The molecular weight excluding hydrogens is 250 g/mol. The van der Waals surface area contributed by atoms with Crippen molar-refractivity contribution in [3.8, 4) is 22.1 Å². The molecule has 1 aromatic heterocycles. The Bertz CT molecular complexity index is 578. The van der Waals surface area contributed by atoms with Crippen molar-refractivity contribution in [3.05, 3.63) is 28.8 Å². The first kappa shape index (κ1) is 12.6. The second-order valence-corrected chi connectivity index (χ2v) is 4.53. The largest absolute Gasteiger partial charge is 0.496 e. The van der Waals surface area contributed by atoms with E-state index >= 15 is 0 Å². The molecule has 0 spiro atoms. The van der Waals surface area contributed by atoms with Crippen LogP contribution in [-0.4, -0.2) is 25.5 Å². The monoisotopic (exact) mass is 263 g/mol. The molecule has 1 aromatic carbocycles. The lowest BCUT2D eigenvalue weighted by atomic mass is 10.1. The zero-order valence-electron chi connectivity index (χ0n) is 10.4. The summed E-state index contributed by atoms with van der Waals surface area (Å²) in [4.78, 5) is 14.9. The topological polar surface area (TPSA) is 48.4 Å². The molecule has 0 radical (unpaired) electrons. The first-order valence-corrected chi connectivity index (χ1v) is 6.22. The summed E-state index contributed by atoms with van der Waals surface area (Å²) in [5.74, 6) is 1.49. The number of benzene rings is 1. The number of nitrogens with zero attached hydrogens (tertiary/aromatic N) is 1. The molecule has 0 saturated heterocycles. The van der Waals surface area contributed by atoms with E-state index in [9.17, 15) is 4.79 Å². The molecule has 0 aliphatic rings. The van der Waals surface area contributed by atoms with E-state index in [0.29, 0.717) is 5.69 Å². The van der Waals surface area contributed by atoms with Gasteiger partial charge >= 0.3 is 0 Å². The Labute approximate surface area is 109 Å². The van der Waals surface area contributed by atoms with Gasteiger partial charge in [-0.3, -0.25) is 4.79 Å². The SMILES string of the molecule is COc1ccc(-c2nc(C=O)cs2)c(OC)c1C. The number of ether oxygens (including phenoxy) is 2. The van der Waals surface area contributed by atoms with Crippen molar-refractivity contribution in [3.63, 3.8) is 0 Å². The first-order chi connectivity index (χ1) is 8.71. The third-order valence-electron chi connectivity index (χ3n) is 2.65. The molecule has 0 aliphatic heterocycles. The van der Waals surface area contributed by atoms with Crippen molar-refractivity contribution in [2.75, 3.05) is 14.2 Å². The number of thiazole rings is 1. The van der Waals surface area contributed by atoms with Crippen LogP contribution < -0.4 is 9.47 Å². The minimum Gasteiger partial charge on any atom is -0.496 e. The molecule has 0 N–H and O–H groups in total. The highest BCUT2D eigenvalue weighted by molar-refractivity contribution is 7.13. The van der Waals surface area contributed by atoms with E-state index in [1.165, 1.54) is 11.3 Å². The van der Waals surface area contributed by atoms with Crippen LogP contribution in [0.15, 0.2) is 17.5 Å². The predicted octanol–water partition coefficient (Wildman–Crippen LogP) is 2.95. The molecule has 5 heteroatoms. The van der Waals surface area contributed by atoms with Gasteiger partial charge in [0, 0.05) is 10.9 Å². The Morgan fingerprint density at radius 3 is 2.61 bits per heavy atom. The minimum atomic E-state index is 0.436. The van der Waals surface area contributed by atoms with Crippen LogP contribution in [0, 0.1) is 6.92 Å². The van der Waals surface area contributed by atoms with Gasteiger partial charge in [0.25, 0.3) is 0 Å². The molecule has 0 unspecified atom stereocenters. The minimum absolute atomic E-state index is 0.436. The maximum atomic E-state index is 10.7. The van der Waals surface area contributed by atoms with Gasteiger partial charge in [0.1, 0.15) is 22.2 Å². The zero-order chi connectivity index (χ0) is 13.1. The summed E-state index contributed by atoms with van der Waals surface area (Å²) in [5, 5.41) is 2.49. The van der Waals surface area contributed by atoms with E-state index in [0.717, 1.165) is 33.9 Å². The zero-order valence-corrected chi connectivity index (χ0v) is 11.2. The third-order valence-corrected chi connectivity index (χ3v) is 3.55. The van der Waals surface area contributed by atoms with Crippen molar-refractivity contribution in [1.82, 2.24) is 4.98 Å². The van der Waals surface area contributed by atoms with E-state index in [1.807, 2.05) is 19.1 Å². The molecule has 0 bridgehead atoms. The molecule has 1 heterocycles. The maximum absolute atomic E-state index is 10.7. The Morgan fingerprint density at radius 2 is 2.06 bits per heavy atom. The quantitative estimate of drug-likeness (QED) is 0.796. The molecule has 4 nitrogen and oxygen atoms in total. The van der Waals surface area contributed by atoms with Crippen molar-refractivity contribution < 1.29 is 14.3 Å². The molecule has 0 aliphatic carbocycles. The van der Waals surface area contributed by atoms with Crippen LogP contribution in [0.4, 0.5) is 0 Å². The predicted molar refractivity (Wildman–Crippen MR) is 70.8 cm³/mol. The van der Waals surface area contributed by atoms with Crippen LogP contribution >= 0.6 is 11.3 Å². The fraction of sp³-hybridized carbons (Fsp3) is 0.231. The Kier molecular flexibility index (Phi) is 3.62. The number of rotatable bonds is 4. The van der Waals surface area contributed by atoms with Crippen molar-refractivity contribution >= 4 is 17.6 Å². The van der Waals surface area contributed by atoms with Gasteiger partial charge in [-0.2, -0.15) is 0 Å². The summed E-state index contributed by atoms with van der Waals surface area (Å²) in [6, 6.07) is 3.76. The molecule has 2 rings (SSSR count). The summed E-state index contributed by atoms with van der Waals surface area (Å²) in [6.07, 6.45) is 0.739. The van der Waals surface area contributed by atoms with Gasteiger partial charge in [0.2, 0.25) is 0 Å². The van der Waals surface area contributed by atoms with E-state index in [4.69, 9.17) is 9.47 Å². The smallest absolute Gasteiger partial charge is 0.169 e. The van der Waals surface area contributed by atoms with Gasteiger partial charge in [0.05, 0.1) is 19.8 Å². The van der Waals surface area contributed by atoms with Gasteiger partial charge in [-0.05, 0) is 19.1 Å². The van der Waals surface area contributed by atoms with Crippen molar-refractivity contribution in [2.45, 2.75) is 6.92 Å².